The van der Waals surface area contributed by atoms with Crippen molar-refractivity contribution < 1.29 is 23.1 Å². The monoisotopic (exact) mass is 368 g/mol. The highest BCUT2D eigenvalue weighted by atomic mass is 19.1. The molecular weight excluding hydrogens is 351 g/mol. The van der Waals surface area contributed by atoms with Crippen LogP contribution in [0.3, 0.4) is 0 Å². The third-order valence-corrected chi connectivity index (χ3v) is 3.80. The van der Waals surface area contributed by atoms with Gasteiger partial charge in [-0.25, -0.2) is 14.2 Å². The van der Waals surface area contributed by atoms with Crippen LogP contribution in [-0.2, 0) is 9.53 Å². The van der Waals surface area contributed by atoms with Crippen molar-refractivity contribution in [2.24, 2.45) is 0 Å². The van der Waals surface area contributed by atoms with Gasteiger partial charge in [-0.05, 0) is 38.1 Å². The van der Waals surface area contributed by atoms with Crippen LogP contribution >= 0.6 is 0 Å². The number of esters is 1. The Morgan fingerprint density at radius 1 is 1.11 bits per heavy atom. The number of benzene rings is 2. The molecule has 0 spiro atoms. The highest BCUT2D eigenvalue weighted by molar-refractivity contribution is 5.97. The fraction of sp³-hybridized carbons (Fsp3) is 0.150. The first-order valence-corrected chi connectivity index (χ1v) is 8.25. The molecule has 0 unspecified atom stereocenters. The summed E-state index contributed by atoms with van der Waals surface area (Å²) in [5.74, 6) is -1.47. The number of carbonyl (C=O) groups excluding carboxylic acids is 2. The highest BCUT2D eigenvalue weighted by Gasteiger charge is 2.24. The third-order valence-electron chi connectivity index (χ3n) is 3.80. The van der Waals surface area contributed by atoms with Crippen LogP contribution in [0.2, 0.25) is 0 Å². The summed E-state index contributed by atoms with van der Waals surface area (Å²) < 4.78 is 24.3. The summed E-state index contributed by atoms with van der Waals surface area (Å²) in [4.78, 5) is 28.6. The molecule has 3 rings (SSSR count). The number of hydrogen-bond acceptors (Lipinski definition) is 5. The Kier molecular flexibility index (Phi) is 5.30. The molecule has 1 N–H and O–H groups in total. The number of carbonyl (C=O) groups is 2. The van der Waals surface area contributed by atoms with Gasteiger partial charge in [0.15, 0.2) is 11.8 Å². The van der Waals surface area contributed by atoms with Gasteiger partial charge in [0.2, 0.25) is 5.89 Å². The second-order valence-corrected chi connectivity index (χ2v) is 5.81. The normalized spacial score (nSPS) is 11.7. The first-order valence-electron chi connectivity index (χ1n) is 8.25. The van der Waals surface area contributed by atoms with Crippen molar-refractivity contribution in [2.75, 3.05) is 5.32 Å². The fourth-order valence-corrected chi connectivity index (χ4v) is 2.36. The number of nitrogens with one attached hydrogen (secondary N) is 1. The van der Waals surface area contributed by atoms with Crippen molar-refractivity contribution in [2.45, 2.75) is 20.0 Å². The van der Waals surface area contributed by atoms with Gasteiger partial charge in [0.25, 0.3) is 5.91 Å². The lowest BCUT2D eigenvalue weighted by Crippen LogP contribution is -2.30. The van der Waals surface area contributed by atoms with E-state index >= 15 is 0 Å². The van der Waals surface area contributed by atoms with E-state index in [1.807, 2.05) is 18.2 Å². The van der Waals surface area contributed by atoms with Gasteiger partial charge in [-0.15, -0.1) is 0 Å². The minimum absolute atomic E-state index is 0.00868. The summed E-state index contributed by atoms with van der Waals surface area (Å²) in [5.41, 5.74) is 0.707. The van der Waals surface area contributed by atoms with Crippen LogP contribution in [0.4, 0.5) is 10.1 Å². The number of rotatable bonds is 5. The maximum absolute atomic E-state index is 13.6. The van der Waals surface area contributed by atoms with E-state index in [4.69, 9.17) is 9.15 Å². The largest absolute Gasteiger partial charge is 0.448 e. The molecule has 1 heterocycles. The number of amides is 1. The summed E-state index contributed by atoms with van der Waals surface area (Å²) in [6, 6.07) is 14.8. The van der Waals surface area contributed by atoms with Crippen LogP contribution in [0, 0.1) is 12.7 Å². The van der Waals surface area contributed by atoms with Crippen molar-refractivity contribution in [1.29, 1.82) is 0 Å². The molecule has 1 amide bonds. The second-order valence-electron chi connectivity index (χ2n) is 5.81. The first kappa shape index (κ1) is 18.3. The molecule has 0 saturated heterocycles. The molecule has 138 valence electrons. The molecule has 0 aliphatic carbocycles. The number of halogens is 1. The average molecular weight is 368 g/mol. The summed E-state index contributed by atoms with van der Waals surface area (Å²) >= 11 is 0. The SMILES string of the molecule is Cc1oc(-c2ccccc2)nc1C(=O)O[C@H](C)C(=O)Nc1ccccc1F. The maximum atomic E-state index is 13.6. The maximum Gasteiger partial charge on any atom is 0.361 e. The van der Waals surface area contributed by atoms with E-state index in [2.05, 4.69) is 10.3 Å². The van der Waals surface area contributed by atoms with Gasteiger partial charge in [0.05, 0.1) is 5.69 Å². The Balaban J connectivity index is 1.69. The predicted molar refractivity (Wildman–Crippen MR) is 96.6 cm³/mol. The van der Waals surface area contributed by atoms with Crippen molar-refractivity contribution in [3.63, 3.8) is 0 Å². The molecule has 27 heavy (non-hydrogen) atoms. The van der Waals surface area contributed by atoms with Crippen LogP contribution in [0.5, 0.6) is 0 Å². The van der Waals surface area contributed by atoms with Gasteiger partial charge < -0.3 is 14.5 Å². The van der Waals surface area contributed by atoms with Crippen LogP contribution < -0.4 is 5.32 Å². The molecule has 0 bridgehead atoms. The summed E-state index contributed by atoms with van der Waals surface area (Å²) in [5, 5.41) is 2.38. The Bertz CT molecular complexity index is 969. The molecule has 0 aliphatic heterocycles. The molecule has 7 heteroatoms. The van der Waals surface area contributed by atoms with E-state index in [1.54, 1.807) is 25.1 Å². The number of anilines is 1. The molecule has 2 aromatic carbocycles. The molecule has 1 atom stereocenters. The van der Waals surface area contributed by atoms with Crippen LogP contribution in [-0.4, -0.2) is 23.0 Å². The second kappa shape index (κ2) is 7.82. The van der Waals surface area contributed by atoms with E-state index in [0.29, 0.717) is 5.56 Å². The zero-order chi connectivity index (χ0) is 19.4. The lowest BCUT2D eigenvalue weighted by atomic mass is 10.2. The molecule has 0 saturated carbocycles. The number of aryl methyl sites for hydroxylation is 1. The van der Waals surface area contributed by atoms with Gasteiger partial charge in [0, 0.05) is 5.56 Å². The summed E-state index contributed by atoms with van der Waals surface area (Å²) in [6.07, 6.45) is -1.15. The number of ether oxygens (including phenoxy) is 1. The van der Waals surface area contributed by atoms with Crippen molar-refractivity contribution in [1.82, 2.24) is 4.98 Å². The number of para-hydroxylation sites is 1. The van der Waals surface area contributed by atoms with Crippen LogP contribution in [0.15, 0.2) is 59.0 Å². The fourth-order valence-electron chi connectivity index (χ4n) is 2.36. The van der Waals surface area contributed by atoms with Crippen LogP contribution in [0.1, 0.15) is 23.2 Å². The zero-order valence-electron chi connectivity index (χ0n) is 14.7. The number of aromatic nitrogens is 1. The van der Waals surface area contributed by atoms with Gasteiger partial charge in [-0.1, -0.05) is 30.3 Å². The van der Waals surface area contributed by atoms with E-state index in [1.165, 1.54) is 25.1 Å². The molecule has 0 fully saturated rings. The molecular formula is C20H17FN2O4. The molecule has 3 aromatic rings. The minimum Gasteiger partial charge on any atom is -0.448 e. The van der Waals surface area contributed by atoms with E-state index in [9.17, 15) is 14.0 Å². The Labute approximate surface area is 155 Å². The number of oxazole rings is 1. The Hall–Kier alpha value is -3.48. The van der Waals surface area contributed by atoms with Gasteiger partial charge in [-0.2, -0.15) is 0 Å². The van der Waals surface area contributed by atoms with Crippen molar-refractivity contribution in [3.05, 3.63) is 71.9 Å². The summed E-state index contributed by atoms with van der Waals surface area (Å²) in [7, 11) is 0. The lowest BCUT2D eigenvalue weighted by Gasteiger charge is -2.13. The zero-order valence-corrected chi connectivity index (χ0v) is 14.7. The Morgan fingerprint density at radius 2 is 1.78 bits per heavy atom. The summed E-state index contributed by atoms with van der Waals surface area (Å²) in [6.45, 7) is 2.97. The van der Waals surface area contributed by atoms with Crippen LogP contribution in [0.25, 0.3) is 11.5 Å². The van der Waals surface area contributed by atoms with E-state index in [-0.39, 0.29) is 23.0 Å². The lowest BCUT2D eigenvalue weighted by molar-refractivity contribution is -0.123. The molecule has 1 aromatic heterocycles. The van der Waals surface area contributed by atoms with Gasteiger partial charge >= 0.3 is 5.97 Å². The average Bonchev–Trinajstić information content (AvgIpc) is 3.06. The molecule has 0 radical (unpaired) electrons. The van der Waals surface area contributed by atoms with E-state index < -0.39 is 23.8 Å². The first-order chi connectivity index (χ1) is 13.0. The van der Waals surface area contributed by atoms with Crippen molar-refractivity contribution >= 4 is 17.6 Å². The van der Waals surface area contributed by atoms with Gasteiger partial charge in [-0.3, -0.25) is 4.79 Å². The highest BCUT2D eigenvalue weighted by Crippen LogP contribution is 2.22. The molecule has 6 nitrogen and oxygen atoms in total. The van der Waals surface area contributed by atoms with Gasteiger partial charge in [0.1, 0.15) is 11.6 Å². The standard InChI is InChI=1S/C20H17FN2O4/c1-12-17(23-19(26-12)14-8-4-3-5-9-14)20(25)27-13(2)18(24)22-16-11-7-6-10-15(16)21/h3-11,13H,1-2H3,(H,22,24)/t13-/m1/s1. The number of nitrogens with zero attached hydrogens (tertiary/aromatic N) is 1. The minimum atomic E-state index is -1.15. The predicted octanol–water partition coefficient (Wildman–Crippen LogP) is 3.97. The smallest absolute Gasteiger partial charge is 0.361 e. The Morgan fingerprint density at radius 3 is 2.48 bits per heavy atom. The van der Waals surface area contributed by atoms with Crippen molar-refractivity contribution in [3.8, 4) is 11.5 Å². The van der Waals surface area contributed by atoms with E-state index in [0.717, 1.165) is 0 Å². The molecule has 0 aliphatic rings. The topological polar surface area (TPSA) is 81.4 Å². The number of hydrogen-bond donors (Lipinski definition) is 1. The third kappa shape index (κ3) is 4.20. The quantitative estimate of drug-likeness (QED) is 0.689.